The molecular formula is C9H12N4O. The monoisotopic (exact) mass is 192 g/mol. The molecule has 5 heteroatoms. The molecule has 1 rings (SSSR count). The summed E-state index contributed by atoms with van der Waals surface area (Å²) in [6, 6.07) is 7.01. The maximum atomic E-state index is 9.37. The Labute approximate surface area is 81.8 Å². The van der Waals surface area contributed by atoms with Gasteiger partial charge in [-0.3, -0.25) is 0 Å². The van der Waals surface area contributed by atoms with Crippen LogP contribution >= 0.6 is 0 Å². The van der Waals surface area contributed by atoms with Crippen LogP contribution in [0.3, 0.4) is 0 Å². The molecule has 0 aromatic heterocycles. The molecule has 1 aromatic carbocycles. The van der Waals surface area contributed by atoms with Gasteiger partial charge in [-0.05, 0) is 11.6 Å². The van der Waals surface area contributed by atoms with Gasteiger partial charge in [-0.25, -0.2) is 0 Å². The fourth-order valence-electron chi connectivity index (χ4n) is 0.930. The van der Waals surface area contributed by atoms with E-state index in [4.69, 9.17) is 11.5 Å². The topological polar surface area (TPSA) is 97.0 Å². The van der Waals surface area contributed by atoms with E-state index >= 15 is 0 Å². The minimum Gasteiger partial charge on any atom is -0.508 e. The average Bonchev–Trinajstić information content (AvgIpc) is 2.15. The van der Waals surface area contributed by atoms with Crippen LogP contribution in [0.25, 0.3) is 0 Å². The molecule has 14 heavy (non-hydrogen) atoms. The number of phenolic OH excluding ortho intramolecular Hbond substituents is 1. The Balaban J connectivity index is 2.58. The zero-order chi connectivity index (χ0) is 10.4. The van der Waals surface area contributed by atoms with E-state index in [1.807, 2.05) is 6.07 Å². The van der Waals surface area contributed by atoms with Crippen molar-refractivity contribution in [3.8, 4) is 5.75 Å². The lowest BCUT2D eigenvalue weighted by atomic mass is 10.1. The van der Waals surface area contributed by atoms with Gasteiger partial charge in [-0.15, -0.1) is 5.10 Å². The van der Waals surface area contributed by atoms with Crippen molar-refractivity contribution in [3.63, 3.8) is 0 Å². The first kappa shape index (κ1) is 10.0. The Morgan fingerprint density at radius 1 is 1.36 bits per heavy atom. The summed E-state index contributed by atoms with van der Waals surface area (Å²) < 4.78 is 0. The number of aromatic hydroxyl groups is 1. The Morgan fingerprint density at radius 2 is 2.07 bits per heavy atom. The summed E-state index contributed by atoms with van der Waals surface area (Å²) in [7, 11) is 0. The summed E-state index contributed by atoms with van der Waals surface area (Å²) >= 11 is 0. The zero-order valence-corrected chi connectivity index (χ0v) is 7.59. The lowest BCUT2D eigenvalue weighted by Gasteiger charge is -1.98. The average molecular weight is 192 g/mol. The number of benzene rings is 1. The van der Waals surface area contributed by atoms with Gasteiger partial charge in [0.2, 0.25) is 5.96 Å². The van der Waals surface area contributed by atoms with Gasteiger partial charge in [-0.2, -0.15) is 5.10 Å². The number of nitrogens with two attached hydrogens (primary N) is 2. The highest BCUT2D eigenvalue weighted by Gasteiger charge is 1.95. The van der Waals surface area contributed by atoms with Crippen LogP contribution in [-0.2, 0) is 6.42 Å². The number of nitrogens with zero attached hydrogens (tertiary/aromatic N) is 2. The smallest absolute Gasteiger partial charge is 0.211 e. The molecule has 0 aliphatic rings. The van der Waals surface area contributed by atoms with Gasteiger partial charge in [0.1, 0.15) is 5.75 Å². The second-order valence-corrected chi connectivity index (χ2v) is 2.66. The van der Waals surface area contributed by atoms with Crippen LogP contribution in [-0.4, -0.2) is 17.3 Å². The Hall–Kier alpha value is -2.04. The molecule has 0 radical (unpaired) electrons. The van der Waals surface area contributed by atoms with Gasteiger partial charge < -0.3 is 16.6 Å². The molecule has 0 spiro atoms. The molecule has 0 aliphatic carbocycles. The summed E-state index contributed by atoms with van der Waals surface area (Å²) in [5.74, 6) is 0.155. The summed E-state index contributed by atoms with van der Waals surface area (Å²) in [5, 5.41) is 16.4. The Bertz CT molecular complexity index is 356. The predicted molar refractivity (Wildman–Crippen MR) is 56.1 cm³/mol. The molecule has 74 valence electrons. The quantitative estimate of drug-likeness (QED) is 0.362. The van der Waals surface area contributed by atoms with E-state index in [2.05, 4.69) is 10.2 Å². The summed E-state index contributed by atoms with van der Waals surface area (Å²) in [6.07, 6.45) is 2.01. The van der Waals surface area contributed by atoms with Crippen molar-refractivity contribution < 1.29 is 5.11 Å². The fourth-order valence-corrected chi connectivity index (χ4v) is 0.930. The number of para-hydroxylation sites is 1. The van der Waals surface area contributed by atoms with E-state index in [1.54, 1.807) is 18.2 Å². The number of hydrogen-bond acceptors (Lipinski definition) is 3. The van der Waals surface area contributed by atoms with Crippen molar-refractivity contribution in [1.29, 1.82) is 0 Å². The predicted octanol–water partition coefficient (Wildman–Crippen LogP) is 0.194. The van der Waals surface area contributed by atoms with Crippen molar-refractivity contribution in [2.75, 3.05) is 0 Å². The van der Waals surface area contributed by atoms with Crippen LogP contribution in [0, 0.1) is 0 Å². The highest BCUT2D eigenvalue weighted by Crippen LogP contribution is 2.14. The lowest BCUT2D eigenvalue weighted by molar-refractivity contribution is 0.470. The number of guanidine groups is 1. The second-order valence-electron chi connectivity index (χ2n) is 2.66. The van der Waals surface area contributed by atoms with E-state index in [9.17, 15) is 5.11 Å². The molecule has 0 amide bonds. The van der Waals surface area contributed by atoms with Crippen molar-refractivity contribution in [3.05, 3.63) is 29.8 Å². The third kappa shape index (κ3) is 3.14. The van der Waals surface area contributed by atoms with Crippen LogP contribution in [0.15, 0.2) is 34.5 Å². The van der Waals surface area contributed by atoms with Crippen LogP contribution in [0.2, 0.25) is 0 Å². The van der Waals surface area contributed by atoms with E-state index in [0.29, 0.717) is 6.42 Å². The van der Waals surface area contributed by atoms with Gasteiger partial charge >= 0.3 is 0 Å². The summed E-state index contributed by atoms with van der Waals surface area (Å²) in [4.78, 5) is 0. The number of phenols is 1. The summed E-state index contributed by atoms with van der Waals surface area (Å²) in [5.41, 5.74) is 10.9. The molecule has 0 aliphatic heterocycles. The highest BCUT2D eigenvalue weighted by molar-refractivity contribution is 5.76. The Morgan fingerprint density at radius 3 is 2.71 bits per heavy atom. The van der Waals surface area contributed by atoms with Crippen LogP contribution in [0.1, 0.15) is 5.56 Å². The van der Waals surface area contributed by atoms with Crippen LogP contribution in [0.5, 0.6) is 5.75 Å². The first-order valence-corrected chi connectivity index (χ1v) is 4.07. The molecule has 0 saturated heterocycles. The molecule has 5 N–H and O–H groups in total. The molecular weight excluding hydrogens is 180 g/mol. The molecule has 0 saturated carbocycles. The molecule has 0 atom stereocenters. The first-order chi connectivity index (χ1) is 6.70. The van der Waals surface area contributed by atoms with E-state index in [-0.39, 0.29) is 11.7 Å². The number of rotatable bonds is 3. The lowest BCUT2D eigenvalue weighted by Crippen LogP contribution is -2.21. The molecule has 0 heterocycles. The van der Waals surface area contributed by atoms with Gasteiger partial charge in [-0.1, -0.05) is 18.2 Å². The molecule has 0 unspecified atom stereocenters. The van der Waals surface area contributed by atoms with Crippen molar-refractivity contribution in [2.45, 2.75) is 6.42 Å². The van der Waals surface area contributed by atoms with E-state index in [0.717, 1.165) is 5.56 Å². The second kappa shape index (κ2) is 4.86. The van der Waals surface area contributed by atoms with Crippen LogP contribution < -0.4 is 11.5 Å². The molecule has 1 aromatic rings. The van der Waals surface area contributed by atoms with Crippen molar-refractivity contribution in [2.24, 2.45) is 21.7 Å². The minimum atomic E-state index is -0.0847. The zero-order valence-electron chi connectivity index (χ0n) is 7.59. The molecule has 0 bridgehead atoms. The minimum absolute atomic E-state index is 0.0847. The normalized spacial score (nSPS) is 10.3. The maximum absolute atomic E-state index is 9.37. The number of hydrogen-bond donors (Lipinski definition) is 3. The maximum Gasteiger partial charge on any atom is 0.211 e. The highest BCUT2D eigenvalue weighted by atomic mass is 16.3. The molecule has 0 fully saturated rings. The van der Waals surface area contributed by atoms with E-state index < -0.39 is 0 Å². The van der Waals surface area contributed by atoms with E-state index in [1.165, 1.54) is 6.21 Å². The van der Waals surface area contributed by atoms with Gasteiger partial charge in [0.15, 0.2) is 0 Å². The van der Waals surface area contributed by atoms with Gasteiger partial charge in [0, 0.05) is 12.6 Å². The fraction of sp³-hybridized carbons (Fsp3) is 0.111. The SMILES string of the molecule is NC(N)=NN=CCc1ccccc1O. The largest absolute Gasteiger partial charge is 0.508 e. The molecule has 5 nitrogen and oxygen atoms in total. The summed E-state index contributed by atoms with van der Waals surface area (Å²) in [6.45, 7) is 0. The third-order valence-electron chi connectivity index (χ3n) is 1.56. The van der Waals surface area contributed by atoms with Crippen LogP contribution in [0.4, 0.5) is 0 Å². The van der Waals surface area contributed by atoms with Crippen molar-refractivity contribution in [1.82, 2.24) is 0 Å². The van der Waals surface area contributed by atoms with Gasteiger partial charge in [0.05, 0.1) is 0 Å². The van der Waals surface area contributed by atoms with Crippen molar-refractivity contribution >= 4 is 12.2 Å². The standard InChI is InChI=1S/C9H12N4O/c10-9(11)13-12-6-5-7-3-1-2-4-8(7)14/h1-4,6,14H,5H2,(H4,10,11,13). The third-order valence-corrected chi connectivity index (χ3v) is 1.56. The Kier molecular flexibility index (Phi) is 3.49. The first-order valence-electron chi connectivity index (χ1n) is 4.07. The van der Waals surface area contributed by atoms with Gasteiger partial charge in [0.25, 0.3) is 0 Å².